The Balaban J connectivity index is 2.96. The molecule has 0 fully saturated rings. The Morgan fingerprint density at radius 2 is 0.615 bits per heavy atom. The van der Waals surface area contributed by atoms with E-state index in [9.17, 15) is 0 Å². The van der Waals surface area contributed by atoms with Crippen molar-refractivity contribution in [1.82, 2.24) is 0 Å². The third kappa shape index (κ3) is 4.29. The third-order valence-electron chi connectivity index (χ3n) is 3.37. The van der Waals surface area contributed by atoms with Gasteiger partial charge in [-0.1, -0.05) is 0 Å². The molecule has 0 bridgehead atoms. The van der Waals surface area contributed by atoms with E-state index in [1.54, 1.807) is 0 Å². The van der Waals surface area contributed by atoms with E-state index in [1.807, 2.05) is 13.8 Å². The van der Waals surface area contributed by atoms with Gasteiger partial charge in [-0.05, 0) is 0 Å². The van der Waals surface area contributed by atoms with Gasteiger partial charge in [0.15, 0.2) is 0 Å². The quantitative estimate of drug-likeness (QED) is 0.175. The van der Waals surface area contributed by atoms with Gasteiger partial charge in [0.1, 0.15) is 0 Å². The molecule has 0 aliphatic rings. The van der Waals surface area contributed by atoms with Crippen LogP contribution in [0.4, 0.5) is 0 Å². The molecule has 0 aliphatic heterocycles. The number of rotatable bonds is 3. The van der Waals surface area contributed by atoms with Gasteiger partial charge in [-0.2, -0.15) is 0 Å². The summed E-state index contributed by atoms with van der Waals surface area (Å²) in [5, 5.41) is 1.51. The maximum atomic E-state index is 6.49. The maximum absolute atomic E-state index is 6.49. The fraction of sp³-hybridized carbons (Fsp3) is 0.200. The van der Waals surface area contributed by atoms with Gasteiger partial charge in [-0.3, -0.25) is 0 Å². The molecule has 2 aromatic carbocycles. The number of hydrogen-bond acceptors (Lipinski definition) is 0. The first-order valence-corrected chi connectivity index (χ1v) is 14.6. The summed E-state index contributed by atoms with van der Waals surface area (Å²) in [4.78, 5) is 0. The summed E-state index contributed by atoms with van der Waals surface area (Å²) < 4.78 is 1.29. The Kier molecular flexibility index (Phi) is 8.95. The molecule has 0 radical (unpaired) electrons. The zero-order valence-corrected chi connectivity index (χ0v) is 22.9. The van der Waals surface area contributed by atoms with Crippen LogP contribution in [0.2, 0.25) is 54.1 Å². The van der Waals surface area contributed by atoms with Crippen LogP contribution in [-0.2, 0) is 0 Å². The zero-order chi connectivity index (χ0) is 20.1. The van der Waals surface area contributed by atoms with Gasteiger partial charge >= 0.3 is 211 Å². The first-order chi connectivity index (χ1) is 11.9. The Bertz CT molecular complexity index is 765. The summed E-state index contributed by atoms with van der Waals surface area (Å²) >= 11 is 60.3. The van der Waals surface area contributed by atoms with Crippen molar-refractivity contribution >= 4 is 143 Å². The molecule has 0 aromatic heterocycles. The van der Waals surface area contributed by atoms with Crippen LogP contribution in [0, 0.1) is 0 Å². The minimum atomic E-state index is -2.89. The SMILES string of the molecule is C[CH](C)[Sb]([c]1c(Cl)c(Cl)c(Cl)c(Cl)c1Cl)[c]1c(Cl)c(Cl)c(Cl)c(Cl)c1Cl. The average molecular weight is 664 g/mol. The predicted octanol–water partition coefficient (Wildman–Crippen LogP) is 9.24. The van der Waals surface area contributed by atoms with Crippen molar-refractivity contribution in [2.45, 2.75) is 17.7 Å². The van der Waals surface area contributed by atoms with Gasteiger partial charge in [0.05, 0.1) is 0 Å². The van der Waals surface area contributed by atoms with Crippen LogP contribution in [0.25, 0.3) is 0 Å². The molecule has 0 aliphatic carbocycles. The van der Waals surface area contributed by atoms with Gasteiger partial charge < -0.3 is 0 Å². The Morgan fingerprint density at radius 3 is 0.808 bits per heavy atom. The fourth-order valence-electron chi connectivity index (χ4n) is 2.24. The van der Waals surface area contributed by atoms with Crippen LogP contribution in [0.15, 0.2) is 0 Å². The summed E-state index contributed by atoms with van der Waals surface area (Å²) in [6.07, 6.45) is 0. The molecule has 0 heterocycles. The molecule has 0 nitrogen and oxygen atoms in total. The van der Waals surface area contributed by atoms with E-state index < -0.39 is 20.2 Å². The van der Waals surface area contributed by atoms with Crippen LogP contribution in [-0.4, -0.2) is 20.2 Å². The standard InChI is InChI=1S/2C6Cl5.C3H7.Sb/c2*7-2-1-3(8)5(10)6(11)4(2)9;1-3-2;/h;;3H,1-2H3;. The van der Waals surface area contributed by atoms with E-state index >= 15 is 0 Å². The normalized spacial score (nSPS) is 11.8. The molecule has 2 rings (SSSR count). The molecular formula is C15H7Cl10Sb. The van der Waals surface area contributed by atoms with Crippen LogP contribution >= 0.6 is 116 Å². The van der Waals surface area contributed by atoms with E-state index in [0.717, 1.165) is 0 Å². The van der Waals surface area contributed by atoms with Gasteiger partial charge in [0.25, 0.3) is 0 Å². The molecule has 0 amide bonds. The molecule has 0 unspecified atom stereocenters. The monoisotopic (exact) mass is 658 g/mol. The summed E-state index contributed by atoms with van der Waals surface area (Å²) in [5.41, 5.74) is 0. The van der Waals surface area contributed by atoms with Gasteiger partial charge in [-0.25, -0.2) is 0 Å². The van der Waals surface area contributed by atoms with Crippen molar-refractivity contribution in [3.05, 3.63) is 50.2 Å². The van der Waals surface area contributed by atoms with Gasteiger partial charge in [0, 0.05) is 0 Å². The van der Waals surface area contributed by atoms with Crippen molar-refractivity contribution < 1.29 is 0 Å². The van der Waals surface area contributed by atoms with E-state index in [4.69, 9.17) is 116 Å². The van der Waals surface area contributed by atoms with E-state index in [0.29, 0.717) is 7.02 Å². The first-order valence-electron chi connectivity index (χ1n) is 6.75. The minimum absolute atomic E-state index is 0.0839. The van der Waals surface area contributed by atoms with Gasteiger partial charge in [-0.15, -0.1) is 0 Å². The predicted molar refractivity (Wildman–Crippen MR) is 123 cm³/mol. The molecule has 26 heavy (non-hydrogen) atoms. The van der Waals surface area contributed by atoms with Crippen molar-refractivity contribution in [3.63, 3.8) is 0 Å². The summed E-state index contributed by atoms with van der Waals surface area (Å²) in [7, 11) is 0. The molecular weight excluding hydrogens is 656 g/mol. The third-order valence-corrected chi connectivity index (χ3v) is 17.8. The summed E-state index contributed by atoms with van der Waals surface area (Å²) in [6.45, 7) is 3.99. The Labute approximate surface area is 208 Å². The number of benzene rings is 2. The second-order valence-electron chi connectivity index (χ2n) is 5.30. The second-order valence-corrected chi connectivity index (χ2v) is 16.7. The molecule has 0 N–H and O–H groups in total. The Morgan fingerprint density at radius 1 is 0.423 bits per heavy atom. The molecule has 0 saturated heterocycles. The molecule has 0 saturated carbocycles. The van der Waals surface area contributed by atoms with Crippen LogP contribution in [0.3, 0.4) is 0 Å². The van der Waals surface area contributed by atoms with Crippen molar-refractivity contribution in [3.8, 4) is 0 Å². The van der Waals surface area contributed by atoms with Crippen molar-refractivity contribution in [1.29, 1.82) is 0 Å². The van der Waals surface area contributed by atoms with Gasteiger partial charge in [0.2, 0.25) is 0 Å². The molecule has 142 valence electrons. The fourth-order valence-corrected chi connectivity index (χ4v) is 15.0. The topological polar surface area (TPSA) is 0 Å². The Hall–Kier alpha value is 2.16. The summed E-state index contributed by atoms with van der Waals surface area (Å²) in [5.74, 6) is 0. The van der Waals surface area contributed by atoms with E-state index in [2.05, 4.69) is 0 Å². The van der Waals surface area contributed by atoms with E-state index in [-0.39, 0.29) is 54.1 Å². The molecule has 11 heteroatoms. The molecule has 2 aromatic rings. The first kappa shape index (κ1) is 24.4. The van der Waals surface area contributed by atoms with Crippen LogP contribution in [0.1, 0.15) is 13.8 Å². The molecule has 0 spiro atoms. The average Bonchev–Trinajstić information content (AvgIpc) is 2.60. The second kappa shape index (κ2) is 9.53. The van der Waals surface area contributed by atoms with Crippen LogP contribution in [0.5, 0.6) is 0 Å². The summed E-state index contributed by atoms with van der Waals surface area (Å²) in [6, 6.07) is 0. The van der Waals surface area contributed by atoms with Crippen molar-refractivity contribution in [2.24, 2.45) is 0 Å². The van der Waals surface area contributed by atoms with Crippen LogP contribution < -0.4 is 7.02 Å². The zero-order valence-electron chi connectivity index (χ0n) is 12.8. The number of halogens is 10. The van der Waals surface area contributed by atoms with Crippen molar-refractivity contribution in [2.75, 3.05) is 0 Å². The van der Waals surface area contributed by atoms with E-state index in [1.165, 1.54) is 0 Å². The number of hydrogen-bond donors (Lipinski definition) is 0. The molecule has 0 atom stereocenters.